The Labute approximate surface area is 177 Å². The van der Waals surface area contributed by atoms with Crippen LogP contribution in [0.5, 0.6) is 0 Å². The van der Waals surface area contributed by atoms with Gasteiger partial charge < -0.3 is 5.73 Å². The monoisotopic (exact) mass is 448 g/mol. The maximum Gasteiger partial charge on any atom is 0.308 e. The summed E-state index contributed by atoms with van der Waals surface area (Å²) in [6.07, 6.45) is -1.08. The largest absolute Gasteiger partial charge is 0.369 e. The van der Waals surface area contributed by atoms with E-state index >= 15 is 4.39 Å². The molecule has 0 bridgehead atoms. The summed E-state index contributed by atoms with van der Waals surface area (Å²) in [5.74, 6) is -3.38. The first-order chi connectivity index (χ1) is 15.1. The number of likely N-dealkylation sites (N-methyl/N-ethyl adjacent to an activating group) is 1. The van der Waals surface area contributed by atoms with E-state index in [4.69, 9.17) is 5.73 Å². The number of nitrogens with two attached hydrogens (primary N) is 1. The lowest BCUT2D eigenvalue weighted by Gasteiger charge is -2.27. The van der Waals surface area contributed by atoms with Gasteiger partial charge in [0.1, 0.15) is 17.3 Å². The van der Waals surface area contributed by atoms with E-state index in [9.17, 15) is 22.4 Å². The van der Waals surface area contributed by atoms with Gasteiger partial charge >= 0.3 is 6.08 Å². The minimum absolute atomic E-state index is 0.0148. The average Bonchev–Trinajstić information content (AvgIpc) is 2.99. The summed E-state index contributed by atoms with van der Waals surface area (Å²) in [4.78, 5) is 28.5. The SMILES string of the molecule is CN1C(=O)C(c2ccnc(C(F)F)c2)(c2cc(-c3cnc(F)nc3)c(F)cc2F)N=C1N. The Hall–Kier alpha value is -3.96. The highest BCUT2D eigenvalue weighted by Gasteiger charge is 2.51. The predicted octanol–water partition coefficient (Wildman–Crippen LogP) is 2.92. The van der Waals surface area contributed by atoms with E-state index in [2.05, 4.69) is 19.9 Å². The van der Waals surface area contributed by atoms with Crippen LogP contribution < -0.4 is 5.73 Å². The molecule has 4 rings (SSSR count). The molecule has 32 heavy (non-hydrogen) atoms. The average molecular weight is 448 g/mol. The third kappa shape index (κ3) is 3.24. The van der Waals surface area contributed by atoms with Crippen LogP contribution in [0.4, 0.5) is 22.0 Å². The molecule has 0 fully saturated rings. The number of carbonyl (C=O) groups excluding carboxylic acids is 1. The fraction of sp³-hybridized carbons (Fsp3) is 0.150. The van der Waals surface area contributed by atoms with Gasteiger partial charge in [0.05, 0.1) is 0 Å². The van der Waals surface area contributed by atoms with Gasteiger partial charge in [-0.1, -0.05) is 0 Å². The molecule has 1 unspecified atom stereocenters. The molecule has 2 aromatic heterocycles. The smallest absolute Gasteiger partial charge is 0.308 e. The van der Waals surface area contributed by atoms with Crippen molar-refractivity contribution in [2.45, 2.75) is 12.0 Å². The van der Waals surface area contributed by atoms with Crippen LogP contribution in [0.2, 0.25) is 0 Å². The van der Waals surface area contributed by atoms with Gasteiger partial charge in [-0.2, -0.15) is 4.39 Å². The number of alkyl halides is 2. The van der Waals surface area contributed by atoms with E-state index in [1.165, 1.54) is 13.1 Å². The molecule has 0 radical (unpaired) electrons. The number of nitrogens with zero attached hydrogens (tertiary/aromatic N) is 5. The highest BCUT2D eigenvalue weighted by molar-refractivity contribution is 6.09. The number of hydrogen-bond donors (Lipinski definition) is 1. The number of aliphatic imine (C=N–C) groups is 1. The maximum absolute atomic E-state index is 15.1. The van der Waals surface area contributed by atoms with Gasteiger partial charge in [0.15, 0.2) is 11.5 Å². The third-order valence-corrected chi connectivity index (χ3v) is 5.04. The Balaban J connectivity index is 2.02. The number of carbonyl (C=O) groups is 1. The fourth-order valence-corrected chi connectivity index (χ4v) is 3.45. The van der Waals surface area contributed by atoms with Crippen LogP contribution in [0, 0.1) is 17.7 Å². The molecule has 0 spiro atoms. The Morgan fingerprint density at radius 2 is 1.72 bits per heavy atom. The summed E-state index contributed by atoms with van der Waals surface area (Å²) in [5.41, 5.74) is 2.02. The van der Waals surface area contributed by atoms with Crippen molar-refractivity contribution >= 4 is 11.9 Å². The van der Waals surface area contributed by atoms with E-state index in [0.29, 0.717) is 6.07 Å². The molecule has 3 aromatic rings. The molecule has 12 heteroatoms. The normalized spacial score (nSPS) is 18.4. The fourth-order valence-electron chi connectivity index (χ4n) is 3.45. The van der Waals surface area contributed by atoms with Gasteiger partial charge in [-0.3, -0.25) is 14.7 Å². The van der Waals surface area contributed by atoms with Crippen LogP contribution in [0.1, 0.15) is 23.2 Å². The van der Waals surface area contributed by atoms with E-state index < -0.39 is 46.8 Å². The van der Waals surface area contributed by atoms with Crippen molar-refractivity contribution in [2.24, 2.45) is 10.7 Å². The highest BCUT2D eigenvalue weighted by atomic mass is 19.3. The van der Waals surface area contributed by atoms with E-state index in [0.717, 1.165) is 35.6 Å². The third-order valence-electron chi connectivity index (χ3n) is 5.04. The van der Waals surface area contributed by atoms with Crippen LogP contribution in [0.25, 0.3) is 11.1 Å². The number of benzene rings is 1. The Bertz CT molecular complexity index is 1250. The molecule has 1 aliphatic rings. The lowest BCUT2D eigenvalue weighted by Crippen LogP contribution is -2.41. The minimum atomic E-state index is -2.98. The number of rotatable bonds is 4. The second kappa shape index (κ2) is 7.62. The molecule has 1 aromatic carbocycles. The molecular formula is C20H13F5N6O. The quantitative estimate of drug-likeness (QED) is 0.489. The molecule has 2 N–H and O–H groups in total. The van der Waals surface area contributed by atoms with Gasteiger partial charge in [0.2, 0.25) is 0 Å². The summed E-state index contributed by atoms with van der Waals surface area (Å²) in [5, 5.41) is 0. The second-order valence-corrected chi connectivity index (χ2v) is 6.87. The zero-order chi connectivity index (χ0) is 23.2. The van der Waals surface area contributed by atoms with Crippen molar-refractivity contribution in [1.29, 1.82) is 0 Å². The summed E-state index contributed by atoms with van der Waals surface area (Å²) < 4.78 is 69.3. The summed E-state index contributed by atoms with van der Waals surface area (Å²) in [6.45, 7) is 0. The van der Waals surface area contributed by atoms with Gasteiger partial charge in [-0.15, -0.1) is 0 Å². The molecule has 0 saturated heterocycles. The van der Waals surface area contributed by atoms with Crippen LogP contribution in [-0.4, -0.2) is 38.8 Å². The van der Waals surface area contributed by atoms with E-state index in [1.54, 1.807) is 0 Å². The number of hydrogen-bond acceptors (Lipinski definition) is 6. The van der Waals surface area contributed by atoms with Crippen molar-refractivity contribution in [3.63, 3.8) is 0 Å². The molecule has 1 amide bonds. The van der Waals surface area contributed by atoms with Crippen LogP contribution in [-0.2, 0) is 10.3 Å². The molecule has 1 aliphatic heterocycles. The summed E-state index contributed by atoms with van der Waals surface area (Å²) in [7, 11) is 1.27. The number of aromatic nitrogens is 3. The minimum Gasteiger partial charge on any atom is -0.369 e. The lowest BCUT2D eigenvalue weighted by atomic mass is 9.81. The first-order valence-electron chi connectivity index (χ1n) is 9.00. The second-order valence-electron chi connectivity index (χ2n) is 6.87. The van der Waals surface area contributed by atoms with Crippen molar-refractivity contribution in [3.05, 3.63) is 77.4 Å². The topological polar surface area (TPSA) is 97.4 Å². The number of amides is 1. The Morgan fingerprint density at radius 3 is 2.31 bits per heavy atom. The molecule has 3 heterocycles. The molecule has 164 valence electrons. The molecule has 7 nitrogen and oxygen atoms in total. The molecular weight excluding hydrogens is 435 g/mol. The van der Waals surface area contributed by atoms with Crippen molar-refractivity contribution < 1.29 is 26.7 Å². The standard InChI is InChI=1S/C20H13F5N6O/c1-31-17(32)20(30-19(31)26,10-2-3-27-15(4-10)16(23)24)12-5-11(13(21)6-14(12)22)9-7-28-18(25)29-8-9/h2-8,16H,1H3,(H2,26,30). The number of halogens is 5. The first-order valence-corrected chi connectivity index (χ1v) is 9.00. The van der Waals surface area contributed by atoms with E-state index in [1.807, 2.05) is 0 Å². The number of guanidine groups is 1. The lowest BCUT2D eigenvalue weighted by molar-refractivity contribution is -0.129. The van der Waals surface area contributed by atoms with Crippen LogP contribution in [0.3, 0.4) is 0 Å². The Morgan fingerprint density at radius 1 is 1.03 bits per heavy atom. The first kappa shape index (κ1) is 21.3. The highest BCUT2D eigenvalue weighted by Crippen LogP contribution is 2.42. The van der Waals surface area contributed by atoms with Crippen LogP contribution in [0.15, 0.2) is 47.8 Å². The van der Waals surface area contributed by atoms with Gasteiger partial charge in [0, 0.05) is 48.4 Å². The zero-order valence-corrected chi connectivity index (χ0v) is 16.2. The molecule has 1 atom stereocenters. The molecule has 0 saturated carbocycles. The summed E-state index contributed by atoms with van der Waals surface area (Å²) in [6, 6.07) is 3.59. The summed E-state index contributed by atoms with van der Waals surface area (Å²) >= 11 is 0. The molecule has 0 aliphatic carbocycles. The zero-order valence-electron chi connectivity index (χ0n) is 16.2. The van der Waals surface area contributed by atoms with Gasteiger partial charge in [0.25, 0.3) is 12.3 Å². The van der Waals surface area contributed by atoms with Crippen molar-refractivity contribution in [2.75, 3.05) is 7.05 Å². The number of pyridine rings is 1. The van der Waals surface area contributed by atoms with Gasteiger partial charge in [-0.05, 0) is 23.8 Å². The van der Waals surface area contributed by atoms with Crippen LogP contribution >= 0.6 is 0 Å². The van der Waals surface area contributed by atoms with E-state index in [-0.39, 0.29) is 22.6 Å². The van der Waals surface area contributed by atoms with Crippen molar-refractivity contribution in [1.82, 2.24) is 19.9 Å². The maximum atomic E-state index is 15.1. The predicted molar refractivity (Wildman–Crippen MR) is 102 cm³/mol. The van der Waals surface area contributed by atoms with Gasteiger partial charge in [-0.25, -0.2) is 32.5 Å². The Kier molecular flexibility index (Phi) is 5.07. The van der Waals surface area contributed by atoms with Crippen molar-refractivity contribution in [3.8, 4) is 11.1 Å².